The molecule has 0 radical (unpaired) electrons. The Bertz CT molecular complexity index is 882. The van der Waals surface area contributed by atoms with Crippen molar-refractivity contribution in [3.05, 3.63) is 71.6 Å². The fraction of sp³-hybridized carbons (Fsp3) is 0.316. The number of aryl methyl sites for hydroxylation is 1. The number of benzene rings is 1. The standard InChI is InChI=1S/C19H22N2/c1-16-7-9-17(10-8-16)18(19-6-2-3-12-20-19)11-15-21-13-4-5-14-21/h2-3,6-12H,4-5,13-15H2,1H3/i4D2,5D2,13D2,14D2. The molecule has 1 fully saturated rings. The molecule has 2 aromatic rings. The highest BCUT2D eigenvalue weighted by atomic mass is 15.1. The number of aromatic nitrogens is 1. The summed E-state index contributed by atoms with van der Waals surface area (Å²) in [6, 6.07) is 12.9. The molecule has 1 aliphatic heterocycles. The first-order valence-corrected chi connectivity index (χ1v) is 6.80. The summed E-state index contributed by atoms with van der Waals surface area (Å²) in [5.41, 5.74) is 3.08. The van der Waals surface area contributed by atoms with E-state index in [1.54, 1.807) is 30.5 Å². The van der Waals surface area contributed by atoms with Crippen molar-refractivity contribution < 1.29 is 11.0 Å². The second-order valence-corrected chi connectivity index (χ2v) is 4.78. The van der Waals surface area contributed by atoms with Crippen LogP contribution < -0.4 is 0 Å². The molecule has 1 aliphatic rings. The summed E-state index contributed by atoms with van der Waals surface area (Å²) >= 11 is 0. The van der Waals surface area contributed by atoms with Crippen molar-refractivity contribution in [1.82, 2.24) is 9.88 Å². The van der Waals surface area contributed by atoms with E-state index in [4.69, 9.17) is 11.0 Å². The van der Waals surface area contributed by atoms with Gasteiger partial charge in [0.15, 0.2) is 0 Å². The second kappa shape index (κ2) is 6.68. The van der Waals surface area contributed by atoms with Crippen LogP contribution >= 0.6 is 0 Å². The molecule has 0 amide bonds. The van der Waals surface area contributed by atoms with Crippen LogP contribution in [0.25, 0.3) is 5.57 Å². The first-order valence-electron chi connectivity index (χ1n) is 10.8. The molecule has 1 saturated heterocycles. The van der Waals surface area contributed by atoms with Crippen LogP contribution in [0.3, 0.4) is 0 Å². The Morgan fingerprint density at radius 1 is 1.19 bits per heavy atom. The molecule has 108 valence electrons. The predicted octanol–water partition coefficient (Wildman–Crippen LogP) is 3.92. The summed E-state index contributed by atoms with van der Waals surface area (Å²) in [6.07, 6.45) is -2.89. The molecule has 0 N–H and O–H groups in total. The lowest BCUT2D eigenvalue weighted by Crippen LogP contribution is -2.19. The average Bonchev–Trinajstić information content (AvgIpc) is 2.72. The zero-order valence-corrected chi connectivity index (χ0v) is 11.8. The van der Waals surface area contributed by atoms with E-state index >= 15 is 0 Å². The Labute approximate surface area is 138 Å². The van der Waals surface area contributed by atoms with Crippen molar-refractivity contribution in [3.8, 4) is 0 Å². The molecule has 1 aromatic heterocycles. The van der Waals surface area contributed by atoms with Crippen LogP contribution in [0, 0.1) is 6.92 Å². The topological polar surface area (TPSA) is 16.1 Å². The first kappa shape index (κ1) is 7.37. The summed E-state index contributed by atoms with van der Waals surface area (Å²) in [6.45, 7) is -4.08. The third kappa shape index (κ3) is 3.59. The number of rotatable bonds is 4. The molecule has 2 heterocycles. The van der Waals surface area contributed by atoms with Gasteiger partial charge in [-0.25, -0.2) is 0 Å². The van der Waals surface area contributed by atoms with Crippen LogP contribution in [-0.4, -0.2) is 29.4 Å². The van der Waals surface area contributed by atoms with E-state index in [0.717, 1.165) is 11.1 Å². The number of nitrogens with zero attached hydrogens (tertiary/aromatic N) is 2. The van der Waals surface area contributed by atoms with Gasteiger partial charge in [-0.2, -0.15) is 0 Å². The lowest BCUT2D eigenvalue weighted by atomic mass is 10.0. The zero-order valence-electron chi connectivity index (χ0n) is 19.8. The van der Waals surface area contributed by atoms with Crippen molar-refractivity contribution in [2.45, 2.75) is 19.7 Å². The minimum Gasteiger partial charge on any atom is -0.300 e. The molecule has 0 aliphatic carbocycles. The molecule has 21 heavy (non-hydrogen) atoms. The van der Waals surface area contributed by atoms with Crippen LogP contribution in [0.5, 0.6) is 0 Å². The highest BCUT2D eigenvalue weighted by molar-refractivity contribution is 5.78. The Morgan fingerprint density at radius 2 is 1.95 bits per heavy atom. The van der Waals surface area contributed by atoms with Crippen LogP contribution in [0.1, 0.15) is 40.5 Å². The molecule has 0 spiro atoms. The molecule has 0 atom stereocenters. The summed E-state index contributed by atoms with van der Waals surface area (Å²) in [5, 5.41) is 0. The van der Waals surface area contributed by atoms with Gasteiger partial charge < -0.3 is 0 Å². The SMILES string of the molecule is [2H]C1([2H])N(CC=C(c2ccc(C)cc2)c2ccccn2)C([2H])([2H])C([2H])([2H])C1([2H])[2H]. The smallest absolute Gasteiger partial charge is 0.0705 e. The Balaban J connectivity index is 2.07. The van der Waals surface area contributed by atoms with Gasteiger partial charge in [0.25, 0.3) is 0 Å². The molecule has 2 nitrogen and oxygen atoms in total. The maximum atomic E-state index is 8.13. The van der Waals surface area contributed by atoms with Gasteiger partial charge in [-0.15, -0.1) is 0 Å². The maximum absolute atomic E-state index is 8.13. The van der Waals surface area contributed by atoms with Crippen LogP contribution in [0.4, 0.5) is 0 Å². The minimum absolute atomic E-state index is 0.335. The van der Waals surface area contributed by atoms with Gasteiger partial charge in [-0.3, -0.25) is 9.88 Å². The monoisotopic (exact) mass is 286 g/mol. The van der Waals surface area contributed by atoms with E-state index in [2.05, 4.69) is 4.98 Å². The molecular formula is C19H22N2. The van der Waals surface area contributed by atoms with Gasteiger partial charge in [0.05, 0.1) is 5.69 Å². The van der Waals surface area contributed by atoms with Gasteiger partial charge in [-0.1, -0.05) is 42.0 Å². The molecule has 1 aromatic carbocycles. The zero-order chi connectivity index (χ0) is 21.7. The highest BCUT2D eigenvalue weighted by Crippen LogP contribution is 2.22. The largest absolute Gasteiger partial charge is 0.300 e. The van der Waals surface area contributed by atoms with E-state index in [1.165, 1.54) is 0 Å². The van der Waals surface area contributed by atoms with Crippen molar-refractivity contribution in [3.63, 3.8) is 0 Å². The number of pyridine rings is 1. The Hall–Kier alpha value is -1.93. The normalized spacial score (nSPS) is 31.6. The van der Waals surface area contributed by atoms with Crippen LogP contribution in [0.2, 0.25) is 0 Å². The van der Waals surface area contributed by atoms with Gasteiger partial charge in [-0.05, 0) is 50.4 Å². The molecule has 0 bridgehead atoms. The van der Waals surface area contributed by atoms with Crippen molar-refractivity contribution in [1.29, 1.82) is 0 Å². The Kier molecular flexibility index (Phi) is 2.34. The predicted molar refractivity (Wildman–Crippen MR) is 88.2 cm³/mol. The van der Waals surface area contributed by atoms with E-state index in [1.807, 2.05) is 31.2 Å². The lowest BCUT2D eigenvalue weighted by Gasteiger charge is -2.14. The molecular weight excluding hydrogens is 256 g/mol. The molecule has 3 rings (SSSR count). The van der Waals surface area contributed by atoms with E-state index < -0.39 is 25.7 Å². The summed E-state index contributed by atoms with van der Waals surface area (Å²) < 4.78 is 64.2. The third-order valence-corrected chi connectivity index (χ3v) is 3.23. The van der Waals surface area contributed by atoms with Crippen LogP contribution in [0.15, 0.2) is 54.7 Å². The van der Waals surface area contributed by atoms with Crippen molar-refractivity contribution in [2.24, 2.45) is 0 Å². The maximum Gasteiger partial charge on any atom is 0.0705 e. The van der Waals surface area contributed by atoms with E-state index in [9.17, 15) is 0 Å². The van der Waals surface area contributed by atoms with Gasteiger partial charge in [0, 0.05) is 29.3 Å². The quantitative estimate of drug-likeness (QED) is 0.847. The number of likely N-dealkylation sites (tertiary alicyclic amines) is 1. The van der Waals surface area contributed by atoms with E-state index in [-0.39, 0.29) is 6.54 Å². The summed E-state index contributed by atoms with van der Waals surface area (Å²) in [5.74, 6) is 0. The first-order chi connectivity index (χ1) is 13.3. The molecule has 0 unspecified atom stereocenters. The second-order valence-electron chi connectivity index (χ2n) is 4.78. The van der Waals surface area contributed by atoms with Gasteiger partial charge in [0.2, 0.25) is 0 Å². The lowest BCUT2D eigenvalue weighted by molar-refractivity contribution is 0.377. The summed E-state index contributed by atoms with van der Waals surface area (Å²) in [7, 11) is 0. The summed E-state index contributed by atoms with van der Waals surface area (Å²) in [4.78, 5) is 4.94. The molecule has 0 saturated carbocycles. The van der Waals surface area contributed by atoms with Gasteiger partial charge in [0.1, 0.15) is 0 Å². The van der Waals surface area contributed by atoms with E-state index in [0.29, 0.717) is 16.2 Å². The number of hydrogen-bond donors (Lipinski definition) is 0. The van der Waals surface area contributed by atoms with Gasteiger partial charge >= 0.3 is 0 Å². The van der Waals surface area contributed by atoms with Crippen molar-refractivity contribution in [2.75, 3.05) is 19.5 Å². The fourth-order valence-corrected chi connectivity index (χ4v) is 2.12. The third-order valence-electron chi connectivity index (χ3n) is 3.23. The minimum atomic E-state index is -3.04. The average molecular weight is 286 g/mol. The Morgan fingerprint density at radius 3 is 2.62 bits per heavy atom. The highest BCUT2D eigenvalue weighted by Gasteiger charge is 2.11. The molecule has 2 heteroatoms. The van der Waals surface area contributed by atoms with Crippen LogP contribution in [-0.2, 0) is 0 Å². The van der Waals surface area contributed by atoms with Crippen molar-refractivity contribution >= 4 is 5.57 Å². The fourth-order valence-electron chi connectivity index (χ4n) is 2.12. The number of hydrogen-bond acceptors (Lipinski definition) is 2.